The predicted molar refractivity (Wildman–Crippen MR) is 95.2 cm³/mol. The van der Waals surface area contributed by atoms with Crippen molar-refractivity contribution in [1.82, 2.24) is 20.2 Å². The van der Waals surface area contributed by atoms with Crippen LogP contribution < -0.4 is 5.32 Å². The molecule has 0 bridgehead atoms. The largest absolute Gasteiger partial charge is 0.416 e. The molecule has 0 spiro atoms. The first-order valence-corrected chi connectivity index (χ1v) is 8.64. The summed E-state index contributed by atoms with van der Waals surface area (Å²) >= 11 is 0. The summed E-state index contributed by atoms with van der Waals surface area (Å²) in [6.45, 7) is 0. The first-order valence-electron chi connectivity index (χ1n) is 8.64. The number of aromatic nitrogens is 4. The van der Waals surface area contributed by atoms with Crippen molar-refractivity contribution in [2.45, 2.75) is 18.5 Å². The van der Waals surface area contributed by atoms with Crippen LogP contribution in [0.25, 0.3) is 11.4 Å². The minimum absolute atomic E-state index is 0.175. The summed E-state index contributed by atoms with van der Waals surface area (Å²) in [5, 5.41) is 14.1. The SMILES string of the molecule is Cn1nnnc1-c1cccc(NC(=O)C2CC2c2ccccc2C(F)(F)F)c1. The van der Waals surface area contributed by atoms with Crippen LogP contribution in [0.2, 0.25) is 0 Å². The Labute approximate surface area is 158 Å². The van der Waals surface area contributed by atoms with E-state index in [0.717, 1.165) is 11.6 Å². The zero-order chi connectivity index (χ0) is 19.9. The highest BCUT2D eigenvalue weighted by molar-refractivity contribution is 5.95. The van der Waals surface area contributed by atoms with Gasteiger partial charge in [-0.1, -0.05) is 30.3 Å². The maximum Gasteiger partial charge on any atom is 0.416 e. The highest BCUT2D eigenvalue weighted by Gasteiger charge is 2.47. The third-order valence-electron chi connectivity index (χ3n) is 4.80. The molecule has 0 radical (unpaired) electrons. The smallest absolute Gasteiger partial charge is 0.326 e. The van der Waals surface area contributed by atoms with Crippen LogP contribution in [0, 0.1) is 5.92 Å². The molecule has 0 saturated heterocycles. The molecule has 1 saturated carbocycles. The molecule has 2 unspecified atom stereocenters. The molecule has 4 rings (SSSR count). The predicted octanol–water partition coefficient (Wildman–Crippen LogP) is 3.64. The topological polar surface area (TPSA) is 72.7 Å². The van der Waals surface area contributed by atoms with E-state index in [1.54, 1.807) is 37.4 Å². The minimum atomic E-state index is -4.43. The molecule has 9 heteroatoms. The molecular formula is C19H16F3N5O. The van der Waals surface area contributed by atoms with Gasteiger partial charge in [-0.2, -0.15) is 13.2 Å². The van der Waals surface area contributed by atoms with Gasteiger partial charge in [0.25, 0.3) is 0 Å². The lowest BCUT2D eigenvalue weighted by Crippen LogP contribution is -2.15. The first kappa shape index (κ1) is 18.1. The van der Waals surface area contributed by atoms with Gasteiger partial charge in [-0.05, 0) is 46.5 Å². The molecule has 2 aromatic carbocycles. The fourth-order valence-electron chi connectivity index (χ4n) is 3.35. The maximum atomic E-state index is 13.2. The number of hydrogen-bond acceptors (Lipinski definition) is 4. The summed E-state index contributed by atoms with van der Waals surface area (Å²) in [5.74, 6) is -0.665. The normalized spacial score (nSPS) is 18.7. The van der Waals surface area contributed by atoms with E-state index in [1.807, 2.05) is 0 Å². The van der Waals surface area contributed by atoms with E-state index in [2.05, 4.69) is 20.8 Å². The first-order chi connectivity index (χ1) is 13.3. The van der Waals surface area contributed by atoms with Crippen LogP contribution in [0.5, 0.6) is 0 Å². The molecule has 1 fully saturated rings. The number of benzene rings is 2. The lowest BCUT2D eigenvalue weighted by molar-refractivity contribution is -0.138. The van der Waals surface area contributed by atoms with E-state index in [9.17, 15) is 18.0 Å². The molecule has 6 nitrogen and oxygen atoms in total. The summed E-state index contributed by atoms with van der Waals surface area (Å²) in [6, 6.07) is 12.4. The highest BCUT2D eigenvalue weighted by atomic mass is 19.4. The van der Waals surface area contributed by atoms with Gasteiger partial charge in [0.05, 0.1) is 5.56 Å². The number of nitrogens with one attached hydrogen (secondary N) is 1. The maximum absolute atomic E-state index is 13.2. The summed E-state index contributed by atoms with van der Waals surface area (Å²) in [7, 11) is 1.70. The number of amides is 1. The van der Waals surface area contributed by atoms with Gasteiger partial charge in [0.15, 0.2) is 5.82 Å². The number of carbonyl (C=O) groups excluding carboxylic acids is 1. The standard InChI is InChI=1S/C19H16F3N5O/c1-27-17(24-25-26-27)11-5-4-6-12(9-11)23-18(28)15-10-14(15)13-7-2-3-8-16(13)19(20,21)22/h2-9,14-15H,10H2,1H3,(H,23,28). The van der Waals surface area contributed by atoms with Crippen molar-refractivity contribution in [2.24, 2.45) is 13.0 Å². The van der Waals surface area contributed by atoms with E-state index < -0.39 is 23.6 Å². The Hall–Kier alpha value is -3.23. The highest BCUT2D eigenvalue weighted by Crippen LogP contribution is 2.51. The second-order valence-corrected chi connectivity index (χ2v) is 6.73. The van der Waals surface area contributed by atoms with Crippen LogP contribution >= 0.6 is 0 Å². The van der Waals surface area contributed by atoms with Crippen LogP contribution in [0.1, 0.15) is 23.5 Å². The van der Waals surface area contributed by atoms with Gasteiger partial charge < -0.3 is 5.32 Å². The van der Waals surface area contributed by atoms with Crippen molar-refractivity contribution in [3.8, 4) is 11.4 Å². The van der Waals surface area contributed by atoms with Crippen LogP contribution in [-0.2, 0) is 18.0 Å². The number of nitrogens with zero attached hydrogens (tertiary/aromatic N) is 4. The number of aryl methyl sites for hydroxylation is 1. The number of carbonyl (C=O) groups is 1. The van der Waals surface area contributed by atoms with E-state index in [0.29, 0.717) is 17.9 Å². The van der Waals surface area contributed by atoms with E-state index in [1.165, 1.54) is 16.8 Å². The number of tetrazole rings is 1. The van der Waals surface area contributed by atoms with Gasteiger partial charge in [0.1, 0.15) is 0 Å². The summed E-state index contributed by atoms with van der Waals surface area (Å²) in [4.78, 5) is 12.5. The number of hydrogen-bond donors (Lipinski definition) is 1. The Morgan fingerprint density at radius 2 is 1.96 bits per heavy atom. The van der Waals surface area contributed by atoms with Crippen molar-refractivity contribution in [3.63, 3.8) is 0 Å². The van der Waals surface area contributed by atoms with Crippen molar-refractivity contribution in [3.05, 3.63) is 59.7 Å². The van der Waals surface area contributed by atoms with Crippen LogP contribution in [0.3, 0.4) is 0 Å². The second kappa shape index (κ2) is 6.74. The van der Waals surface area contributed by atoms with Crippen molar-refractivity contribution >= 4 is 11.6 Å². The molecule has 28 heavy (non-hydrogen) atoms. The minimum Gasteiger partial charge on any atom is -0.326 e. The fourth-order valence-corrected chi connectivity index (χ4v) is 3.35. The number of rotatable bonds is 4. The number of halogens is 3. The summed E-state index contributed by atoms with van der Waals surface area (Å²) in [6.07, 6.45) is -4.04. The van der Waals surface area contributed by atoms with Gasteiger partial charge in [-0.15, -0.1) is 5.10 Å². The molecule has 1 heterocycles. The van der Waals surface area contributed by atoms with E-state index in [-0.39, 0.29) is 11.5 Å². The second-order valence-electron chi connectivity index (χ2n) is 6.73. The van der Waals surface area contributed by atoms with Crippen molar-refractivity contribution in [2.75, 3.05) is 5.32 Å². The van der Waals surface area contributed by atoms with Crippen molar-refractivity contribution < 1.29 is 18.0 Å². The number of alkyl halides is 3. The Kier molecular flexibility index (Phi) is 4.37. The molecule has 144 valence electrons. The Morgan fingerprint density at radius 1 is 1.18 bits per heavy atom. The zero-order valence-corrected chi connectivity index (χ0v) is 14.8. The monoisotopic (exact) mass is 387 g/mol. The third kappa shape index (κ3) is 3.47. The van der Waals surface area contributed by atoms with Crippen LogP contribution in [0.4, 0.5) is 18.9 Å². The Balaban J connectivity index is 1.49. The molecule has 1 N–H and O–H groups in total. The zero-order valence-electron chi connectivity index (χ0n) is 14.8. The van der Waals surface area contributed by atoms with Gasteiger partial charge in [0.2, 0.25) is 5.91 Å². The average molecular weight is 387 g/mol. The summed E-state index contributed by atoms with van der Waals surface area (Å²) in [5.41, 5.74) is 0.765. The molecule has 3 aromatic rings. The van der Waals surface area contributed by atoms with Gasteiger partial charge >= 0.3 is 6.18 Å². The van der Waals surface area contributed by atoms with Gasteiger partial charge in [0, 0.05) is 24.2 Å². The third-order valence-corrected chi connectivity index (χ3v) is 4.80. The molecule has 0 aliphatic heterocycles. The Morgan fingerprint density at radius 3 is 2.68 bits per heavy atom. The van der Waals surface area contributed by atoms with Gasteiger partial charge in [-0.25, -0.2) is 4.68 Å². The quantitative estimate of drug-likeness (QED) is 0.742. The molecule has 2 atom stereocenters. The molecule has 1 aromatic heterocycles. The Bertz CT molecular complexity index is 1030. The van der Waals surface area contributed by atoms with E-state index >= 15 is 0 Å². The lowest BCUT2D eigenvalue weighted by atomic mass is 10.0. The average Bonchev–Trinajstić information content (AvgIpc) is 3.35. The summed E-state index contributed by atoms with van der Waals surface area (Å²) < 4.78 is 41.1. The molecule has 1 amide bonds. The van der Waals surface area contributed by atoms with E-state index in [4.69, 9.17) is 0 Å². The van der Waals surface area contributed by atoms with Crippen molar-refractivity contribution in [1.29, 1.82) is 0 Å². The van der Waals surface area contributed by atoms with Gasteiger partial charge in [-0.3, -0.25) is 4.79 Å². The van der Waals surface area contributed by atoms with Crippen LogP contribution in [0.15, 0.2) is 48.5 Å². The molecule has 1 aliphatic carbocycles. The number of anilines is 1. The van der Waals surface area contributed by atoms with Crippen LogP contribution in [-0.4, -0.2) is 26.1 Å². The lowest BCUT2D eigenvalue weighted by Gasteiger charge is -2.12. The molecule has 1 aliphatic rings. The molecular weight excluding hydrogens is 371 g/mol. The fraction of sp³-hybridized carbons (Fsp3) is 0.263.